The molecule has 0 aliphatic rings. The van der Waals surface area contributed by atoms with E-state index in [1.807, 2.05) is 13.8 Å². The molecule has 2 nitrogen and oxygen atoms in total. The van der Waals surface area contributed by atoms with Gasteiger partial charge in [0.1, 0.15) is 0 Å². The minimum Gasteiger partial charge on any atom is -0.327 e. The van der Waals surface area contributed by atoms with Gasteiger partial charge in [-0.15, -0.1) is 0 Å². The quantitative estimate of drug-likeness (QED) is 0.568. The molecule has 0 saturated carbocycles. The summed E-state index contributed by atoms with van der Waals surface area (Å²) in [5, 5.41) is 0. The summed E-state index contributed by atoms with van der Waals surface area (Å²) in [6, 6.07) is 0. The van der Waals surface area contributed by atoms with E-state index in [9.17, 15) is 4.79 Å². The lowest BCUT2D eigenvalue weighted by molar-refractivity contribution is -0.112. The van der Waals surface area contributed by atoms with Crippen LogP contribution in [-0.4, -0.2) is 12.3 Å². The van der Waals surface area contributed by atoms with Crippen LogP contribution in [0, 0.1) is 0 Å². The smallest absolute Gasteiger partial charge is 0.152 e. The molecular weight excluding hydrogens is 114 g/mol. The molecule has 0 aliphatic carbocycles. The molecule has 0 spiro atoms. The Kier molecular flexibility index (Phi) is 12.9. The number of nitrogens with two attached hydrogens (primary N) is 1. The van der Waals surface area contributed by atoms with Crippen LogP contribution in [0.5, 0.6) is 0 Å². The number of ketones is 1. The van der Waals surface area contributed by atoms with Gasteiger partial charge in [-0.05, 0) is 13.0 Å². The van der Waals surface area contributed by atoms with Gasteiger partial charge in [-0.2, -0.15) is 0 Å². The summed E-state index contributed by atoms with van der Waals surface area (Å²) in [6.07, 6.45) is 3.09. The third kappa shape index (κ3) is 18.7. The Morgan fingerprint density at radius 2 is 2.00 bits per heavy atom. The zero-order valence-electron chi connectivity index (χ0n) is 6.35. The van der Waals surface area contributed by atoms with Gasteiger partial charge in [-0.25, -0.2) is 0 Å². The maximum atomic E-state index is 10.1. The Balaban J connectivity index is 0. The van der Waals surface area contributed by atoms with Crippen LogP contribution in [0.2, 0.25) is 0 Å². The average Bonchev–Trinajstić information content (AvgIpc) is 1.88. The third-order valence-corrected chi connectivity index (χ3v) is 0.489. The lowest BCUT2D eigenvalue weighted by Crippen LogP contribution is -1.93. The van der Waals surface area contributed by atoms with E-state index in [1.54, 1.807) is 6.08 Å². The molecular formula is C7H15NO. The van der Waals surface area contributed by atoms with E-state index in [0.29, 0.717) is 6.54 Å². The van der Waals surface area contributed by atoms with Gasteiger partial charge in [0.25, 0.3) is 0 Å². The van der Waals surface area contributed by atoms with Crippen LogP contribution in [0.25, 0.3) is 0 Å². The van der Waals surface area contributed by atoms with Gasteiger partial charge in [-0.3, -0.25) is 4.79 Å². The first-order valence-corrected chi connectivity index (χ1v) is 3.14. The first-order valence-electron chi connectivity index (χ1n) is 3.14. The van der Waals surface area contributed by atoms with Gasteiger partial charge < -0.3 is 5.73 Å². The summed E-state index contributed by atoms with van der Waals surface area (Å²) >= 11 is 0. The topological polar surface area (TPSA) is 43.1 Å². The van der Waals surface area contributed by atoms with Crippen molar-refractivity contribution in [3.8, 4) is 0 Å². The molecule has 0 radical (unpaired) electrons. The summed E-state index contributed by atoms with van der Waals surface area (Å²) in [5.41, 5.74) is 5.04. The number of carbonyl (C=O) groups is 1. The Hall–Kier alpha value is -0.630. The number of rotatable bonds is 2. The fourth-order valence-corrected chi connectivity index (χ4v) is 0.234. The maximum Gasteiger partial charge on any atom is 0.152 e. The molecule has 0 saturated heterocycles. The van der Waals surface area contributed by atoms with Crippen LogP contribution >= 0.6 is 0 Å². The molecule has 0 bridgehead atoms. The van der Waals surface area contributed by atoms with Crippen molar-refractivity contribution >= 4 is 5.78 Å². The van der Waals surface area contributed by atoms with E-state index in [2.05, 4.69) is 0 Å². The standard InChI is InChI=1S/C5H9NO.C2H6/c1-5(7)3-2-4-6;1-2/h2-3H,4,6H2,1H3;1-2H3/b3-2+;. The Labute approximate surface area is 56.7 Å². The van der Waals surface area contributed by atoms with E-state index < -0.39 is 0 Å². The molecule has 0 amide bonds. The molecule has 0 aromatic rings. The Morgan fingerprint density at radius 3 is 2.11 bits per heavy atom. The van der Waals surface area contributed by atoms with Gasteiger partial charge in [-0.1, -0.05) is 19.9 Å². The van der Waals surface area contributed by atoms with Crippen LogP contribution in [0.4, 0.5) is 0 Å². The van der Waals surface area contributed by atoms with Crippen LogP contribution in [0.15, 0.2) is 12.2 Å². The van der Waals surface area contributed by atoms with Crippen molar-refractivity contribution < 1.29 is 4.79 Å². The number of hydrogen-bond acceptors (Lipinski definition) is 2. The predicted molar refractivity (Wildman–Crippen MR) is 40.2 cm³/mol. The summed E-state index contributed by atoms with van der Waals surface area (Å²) < 4.78 is 0. The van der Waals surface area contributed by atoms with Gasteiger partial charge in [0.2, 0.25) is 0 Å². The molecule has 0 aliphatic heterocycles. The van der Waals surface area contributed by atoms with Crippen molar-refractivity contribution in [3.63, 3.8) is 0 Å². The zero-order chi connectivity index (χ0) is 7.70. The van der Waals surface area contributed by atoms with Crippen LogP contribution in [0.3, 0.4) is 0 Å². The average molecular weight is 129 g/mol. The molecule has 0 unspecified atom stereocenters. The second-order valence-corrected chi connectivity index (χ2v) is 1.25. The highest BCUT2D eigenvalue weighted by Crippen LogP contribution is 1.69. The fourth-order valence-electron chi connectivity index (χ4n) is 0.234. The van der Waals surface area contributed by atoms with Crippen molar-refractivity contribution in [2.75, 3.05) is 6.54 Å². The molecule has 0 aromatic heterocycles. The Morgan fingerprint density at radius 1 is 1.56 bits per heavy atom. The lowest BCUT2D eigenvalue weighted by Gasteiger charge is -1.74. The van der Waals surface area contributed by atoms with Crippen molar-refractivity contribution in [1.82, 2.24) is 0 Å². The molecule has 2 N–H and O–H groups in total. The summed E-state index contributed by atoms with van der Waals surface area (Å²) in [6.45, 7) is 5.94. The number of carbonyl (C=O) groups excluding carboxylic acids is 1. The molecule has 0 rings (SSSR count). The van der Waals surface area contributed by atoms with Crippen LogP contribution < -0.4 is 5.73 Å². The van der Waals surface area contributed by atoms with Crippen molar-refractivity contribution in [3.05, 3.63) is 12.2 Å². The SMILES string of the molecule is CC.CC(=O)/C=C/CN. The Bertz CT molecular complexity index is 86.9. The molecule has 0 heterocycles. The van der Waals surface area contributed by atoms with E-state index in [-0.39, 0.29) is 5.78 Å². The first-order chi connectivity index (χ1) is 4.27. The molecule has 0 atom stereocenters. The number of allylic oxidation sites excluding steroid dienone is 1. The van der Waals surface area contributed by atoms with Crippen LogP contribution in [0.1, 0.15) is 20.8 Å². The normalized spacial score (nSPS) is 8.44. The maximum absolute atomic E-state index is 10.1. The van der Waals surface area contributed by atoms with Crippen LogP contribution in [-0.2, 0) is 4.79 Å². The third-order valence-electron chi connectivity index (χ3n) is 0.489. The second kappa shape index (κ2) is 10.4. The molecule has 0 fully saturated rings. The largest absolute Gasteiger partial charge is 0.327 e. The van der Waals surface area contributed by atoms with Gasteiger partial charge in [0.15, 0.2) is 5.78 Å². The summed E-state index contributed by atoms with van der Waals surface area (Å²) in [5.74, 6) is 0.0467. The predicted octanol–water partition coefficient (Wildman–Crippen LogP) is 1.12. The highest BCUT2D eigenvalue weighted by atomic mass is 16.1. The van der Waals surface area contributed by atoms with Crippen molar-refractivity contribution in [2.45, 2.75) is 20.8 Å². The number of hydrogen-bond donors (Lipinski definition) is 1. The van der Waals surface area contributed by atoms with E-state index >= 15 is 0 Å². The highest BCUT2D eigenvalue weighted by Gasteiger charge is 1.75. The summed E-state index contributed by atoms with van der Waals surface area (Å²) in [4.78, 5) is 10.1. The second-order valence-electron chi connectivity index (χ2n) is 1.25. The lowest BCUT2D eigenvalue weighted by atomic mass is 10.4. The minimum absolute atomic E-state index is 0.0467. The van der Waals surface area contributed by atoms with Gasteiger partial charge in [0.05, 0.1) is 0 Å². The van der Waals surface area contributed by atoms with Crippen molar-refractivity contribution in [2.24, 2.45) is 5.73 Å². The van der Waals surface area contributed by atoms with E-state index in [0.717, 1.165) is 0 Å². The summed E-state index contributed by atoms with van der Waals surface area (Å²) in [7, 11) is 0. The van der Waals surface area contributed by atoms with Gasteiger partial charge in [0, 0.05) is 6.54 Å². The molecule has 2 heteroatoms. The van der Waals surface area contributed by atoms with Crippen molar-refractivity contribution in [1.29, 1.82) is 0 Å². The molecule has 9 heavy (non-hydrogen) atoms. The fraction of sp³-hybridized carbons (Fsp3) is 0.571. The highest BCUT2D eigenvalue weighted by molar-refractivity contribution is 5.87. The monoisotopic (exact) mass is 129 g/mol. The molecule has 54 valence electrons. The molecule has 0 aromatic carbocycles. The van der Waals surface area contributed by atoms with E-state index in [1.165, 1.54) is 13.0 Å². The first kappa shape index (κ1) is 11.2. The van der Waals surface area contributed by atoms with E-state index in [4.69, 9.17) is 5.73 Å². The van der Waals surface area contributed by atoms with Gasteiger partial charge >= 0.3 is 0 Å². The zero-order valence-corrected chi connectivity index (χ0v) is 6.35. The minimum atomic E-state index is 0.0467.